The quantitative estimate of drug-likeness (QED) is 0.821. The fourth-order valence-electron chi connectivity index (χ4n) is 1.67. The highest BCUT2D eigenvalue weighted by Crippen LogP contribution is 2.28. The van der Waals surface area contributed by atoms with E-state index in [9.17, 15) is 0 Å². The van der Waals surface area contributed by atoms with Gasteiger partial charge >= 0.3 is 0 Å². The normalized spacial score (nSPS) is 17.7. The van der Waals surface area contributed by atoms with Crippen molar-refractivity contribution in [3.8, 4) is 5.75 Å². The summed E-state index contributed by atoms with van der Waals surface area (Å²) < 4.78 is 12.2. The summed E-state index contributed by atoms with van der Waals surface area (Å²) >= 11 is 3.52. The molecule has 2 nitrogen and oxygen atoms in total. The zero-order chi connectivity index (χ0) is 10.7. The molecule has 0 amide bonds. The molecule has 1 fully saturated rings. The van der Waals surface area contributed by atoms with Crippen LogP contribution < -0.4 is 4.74 Å². The summed E-state index contributed by atoms with van der Waals surface area (Å²) in [6.07, 6.45) is 2.28. The first kappa shape index (κ1) is 11.0. The lowest BCUT2D eigenvalue weighted by molar-refractivity contribution is 0.0252. The van der Waals surface area contributed by atoms with Crippen molar-refractivity contribution >= 4 is 15.9 Å². The molecule has 1 saturated heterocycles. The summed E-state index contributed by atoms with van der Waals surface area (Å²) in [5.74, 6) is 0.938. The molecule has 0 aliphatic carbocycles. The Balaban J connectivity index is 2.03. The molecule has 0 N–H and O–H groups in total. The first-order chi connectivity index (χ1) is 7.25. The largest absolute Gasteiger partial charge is 0.489 e. The van der Waals surface area contributed by atoms with Gasteiger partial charge in [-0.25, -0.2) is 0 Å². The molecule has 1 aromatic rings. The first-order valence-corrected chi connectivity index (χ1v) is 6.05. The maximum absolute atomic E-state index is 5.91. The summed E-state index contributed by atoms with van der Waals surface area (Å²) in [5.41, 5.74) is 1.24. The van der Waals surface area contributed by atoms with Crippen LogP contribution in [0.5, 0.6) is 5.75 Å². The molecular formula is C12H15BrO2. The predicted octanol–water partition coefficient (Wildman–Crippen LogP) is 3.32. The second-order valence-electron chi connectivity index (χ2n) is 3.86. The minimum absolute atomic E-state index is 0.303. The Morgan fingerprint density at radius 3 is 2.73 bits per heavy atom. The number of aryl methyl sites for hydroxylation is 1. The van der Waals surface area contributed by atoms with Crippen LogP contribution in [-0.4, -0.2) is 19.3 Å². The summed E-state index contributed by atoms with van der Waals surface area (Å²) in [7, 11) is 0. The lowest BCUT2D eigenvalue weighted by atomic mass is 10.1. The van der Waals surface area contributed by atoms with E-state index in [1.165, 1.54) is 5.56 Å². The third kappa shape index (κ3) is 2.95. The van der Waals surface area contributed by atoms with Crippen molar-refractivity contribution in [2.45, 2.75) is 25.9 Å². The molecule has 1 aromatic carbocycles. The molecule has 1 aliphatic rings. The van der Waals surface area contributed by atoms with E-state index in [0.29, 0.717) is 6.10 Å². The molecule has 2 rings (SSSR count). The smallest absolute Gasteiger partial charge is 0.133 e. The van der Waals surface area contributed by atoms with Crippen LogP contribution in [0, 0.1) is 6.92 Å². The molecule has 0 bridgehead atoms. The third-order valence-corrected chi connectivity index (χ3v) is 3.17. The Hall–Kier alpha value is -0.540. The van der Waals surface area contributed by atoms with Crippen LogP contribution in [0.1, 0.15) is 18.4 Å². The van der Waals surface area contributed by atoms with Crippen molar-refractivity contribution in [1.82, 2.24) is 0 Å². The van der Waals surface area contributed by atoms with Gasteiger partial charge in [-0.1, -0.05) is 6.07 Å². The molecule has 1 heterocycles. The van der Waals surface area contributed by atoms with Gasteiger partial charge in [0.15, 0.2) is 0 Å². The standard InChI is InChI=1S/C12H15BrO2/c1-9-2-3-12(11(13)8-9)15-10-4-6-14-7-5-10/h2-3,8,10H,4-7H2,1H3. The van der Waals surface area contributed by atoms with Crippen molar-refractivity contribution < 1.29 is 9.47 Å². The van der Waals surface area contributed by atoms with E-state index < -0.39 is 0 Å². The van der Waals surface area contributed by atoms with Crippen molar-refractivity contribution in [2.75, 3.05) is 13.2 Å². The maximum atomic E-state index is 5.91. The van der Waals surface area contributed by atoms with Crippen LogP contribution >= 0.6 is 15.9 Å². The lowest BCUT2D eigenvalue weighted by Gasteiger charge is -2.23. The predicted molar refractivity (Wildman–Crippen MR) is 63.3 cm³/mol. The summed E-state index contributed by atoms with van der Waals surface area (Å²) in [5, 5.41) is 0. The highest BCUT2D eigenvalue weighted by atomic mass is 79.9. The van der Waals surface area contributed by atoms with Gasteiger partial charge in [-0.3, -0.25) is 0 Å². The van der Waals surface area contributed by atoms with Gasteiger partial charge in [0, 0.05) is 12.8 Å². The maximum Gasteiger partial charge on any atom is 0.133 e. The minimum atomic E-state index is 0.303. The SMILES string of the molecule is Cc1ccc(OC2CCOCC2)c(Br)c1. The van der Waals surface area contributed by atoms with Crippen LogP contribution in [-0.2, 0) is 4.74 Å². The molecule has 15 heavy (non-hydrogen) atoms. The van der Waals surface area contributed by atoms with Crippen molar-refractivity contribution in [3.05, 3.63) is 28.2 Å². The summed E-state index contributed by atoms with van der Waals surface area (Å²) in [4.78, 5) is 0. The van der Waals surface area contributed by atoms with Crippen LogP contribution in [0.2, 0.25) is 0 Å². The zero-order valence-electron chi connectivity index (χ0n) is 8.83. The highest BCUT2D eigenvalue weighted by Gasteiger charge is 2.16. The van der Waals surface area contributed by atoms with Crippen LogP contribution in [0.15, 0.2) is 22.7 Å². The van der Waals surface area contributed by atoms with Crippen LogP contribution in [0.25, 0.3) is 0 Å². The van der Waals surface area contributed by atoms with Crippen molar-refractivity contribution in [3.63, 3.8) is 0 Å². The number of hydrogen-bond acceptors (Lipinski definition) is 2. The molecular weight excluding hydrogens is 256 g/mol. The van der Waals surface area contributed by atoms with Gasteiger partial charge in [-0.05, 0) is 40.5 Å². The number of hydrogen-bond donors (Lipinski definition) is 0. The van der Waals surface area contributed by atoms with E-state index in [-0.39, 0.29) is 0 Å². The Morgan fingerprint density at radius 1 is 1.33 bits per heavy atom. The van der Waals surface area contributed by atoms with Gasteiger partial charge in [0.05, 0.1) is 17.7 Å². The molecule has 0 aromatic heterocycles. The Morgan fingerprint density at radius 2 is 2.07 bits per heavy atom. The van der Waals surface area contributed by atoms with Gasteiger partial charge in [-0.15, -0.1) is 0 Å². The van der Waals surface area contributed by atoms with E-state index in [0.717, 1.165) is 36.3 Å². The highest BCUT2D eigenvalue weighted by molar-refractivity contribution is 9.10. The molecule has 1 aliphatic heterocycles. The average Bonchev–Trinajstić information content (AvgIpc) is 2.24. The van der Waals surface area contributed by atoms with Gasteiger partial charge in [0.1, 0.15) is 11.9 Å². The molecule has 0 atom stereocenters. The van der Waals surface area contributed by atoms with E-state index in [1.54, 1.807) is 0 Å². The van der Waals surface area contributed by atoms with Gasteiger partial charge in [-0.2, -0.15) is 0 Å². The fourth-order valence-corrected chi connectivity index (χ4v) is 2.26. The Kier molecular flexibility index (Phi) is 3.65. The second-order valence-corrected chi connectivity index (χ2v) is 4.72. The summed E-state index contributed by atoms with van der Waals surface area (Å²) in [6.45, 7) is 3.70. The second kappa shape index (κ2) is 4.99. The third-order valence-electron chi connectivity index (χ3n) is 2.55. The molecule has 0 radical (unpaired) electrons. The van der Waals surface area contributed by atoms with Crippen LogP contribution in [0.4, 0.5) is 0 Å². The zero-order valence-corrected chi connectivity index (χ0v) is 10.4. The molecule has 82 valence electrons. The van der Waals surface area contributed by atoms with E-state index in [1.807, 2.05) is 6.07 Å². The molecule has 0 unspecified atom stereocenters. The molecule has 0 spiro atoms. The number of halogens is 1. The van der Waals surface area contributed by atoms with Crippen molar-refractivity contribution in [1.29, 1.82) is 0 Å². The fraction of sp³-hybridized carbons (Fsp3) is 0.500. The van der Waals surface area contributed by atoms with Crippen molar-refractivity contribution in [2.24, 2.45) is 0 Å². The first-order valence-electron chi connectivity index (χ1n) is 5.26. The molecule has 0 saturated carbocycles. The topological polar surface area (TPSA) is 18.5 Å². The van der Waals surface area contributed by atoms with Gasteiger partial charge < -0.3 is 9.47 Å². The Bertz CT molecular complexity index is 332. The number of ether oxygens (including phenoxy) is 2. The monoisotopic (exact) mass is 270 g/mol. The average molecular weight is 271 g/mol. The number of benzene rings is 1. The van der Waals surface area contributed by atoms with Gasteiger partial charge in [0.25, 0.3) is 0 Å². The lowest BCUT2D eigenvalue weighted by Crippen LogP contribution is -2.25. The van der Waals surface area contributed by atoms with Gasteiger partial charge in [0.2, 0.25) is 0 Å². The van der Waals surface area contributed by atoms with E-state index in [2.05, 4.69) is 35.0 Å². The minimum Gasteiger partial charge on any atom is -0.489 e. The number of rotatable bonds is 2. The summed E-state index contributed by atoms with van der Waals surface area (Å²) in [6, 6.07) is 6.17. The Labute approximate surface area is 98.7 Å². The van der Waals surface area contributed by atoms with E-state index in [4.69, 9.17) is 9.47 Å². The van der Waals surface area contributed by atoms with Crippen LogP contribution in [0.3, 0.4) is 0 Å². The molecule has 3 heteroatoms. The van der Waals surface area contributed by atoms with E-state index >= 15 is 0 Å².